The lowest BCUT2D eigenvalue weighted by molar-refractivity contribution is 0.0758. The smallest absolute Gasteiger partial charge is 0.115 e. The molecule has 0 aliphatic heterocycles. The highest BCUT2D eigenvalue weighted by Crippen LogP contribution is 2.50. The van der Waals surface area contributed by atoms with E-state index in [-0.39, 0.29) is 5.54 Å². The molecule has 1 aromatic rings. The maximum Gasteiger partial charge on any atom is 0.115 e. The number of rotatable bonds is 3. The second kappa shape index (κ2) is 5.22. The van der Waals surface area contributed by atoms with Crippen LogP contribution in [0.25, 0.3) is 0 Å². The van der Waals surface area contributed by atoms with Crippen molar-refractivity contribution in [1.29, 1.82) is 5.26 Å². The largest absolute Gasteiger partial charge is 0.286 e. The first-order valence-electron chi connectivity index (χ1n) is 7.99. The van der Waals surface area contributed by atoms with Crippen LogP contribution < -0.4 is 0 Å². The van der Waals surface area contributed by atoms with E-state index in [0.29, 0.717) is 11.8 Å². The molecule has 0 aromatic heterocycles. The molecule has 0 radical (unpaired) electrons. The maximum atomic E-state index is 10.1. The minimum atomic E-state index is -0.234. The molecule has 106 valence electrons. The minimum Gasteiger partial charge on any atom is -0.286 e. The molecule has 1 aromatic carbocycles. The quantitative estimate of drug-likeness (QED) is 0.840. The van der Waals surface area contributed by atoms with E-state index in [4.69, 9.17) is 0 Å². The standard InChI is InChI=1S/C18H24N2/c1-3-20(4-2)18(13-19)16-9-10-17(18)12-15-8-6-5-7-14(15)11-16/h5-8,16-17H,3-4,9-12H2,1-2H3. The second-order valence-corrected chi connectivity index (χ2v) is 6.26. The van der Waals surface area contributed by atoms with Crippen LogP contribution in [0.5, 0.6) is 0 Å². The van der Waals surface area contributed by atoms with Crippen LogP contribution in [0.2, 0.25) is 0 Å². The van der Waals surface area contributed by atoms with Gasteiger partial charge in [-0.15, -0.1) is 0 Å². The SMILES string of the molecule is CCN(CC)C1(C#N)C2CCC1Cc1ccccc1C2. The zero-order valence-corrected chi connectivity index (χ0v) is 12.6. The lowest BCUT2D eigenvalue weighted by atomic mass is 9.78. The molecule has 2 atom stereocenters. The van der Waals surface area contributed by atoms with Crippen molar-refractivity contribution < 1.29 is 0 Å². The Bertz CT molecular complexity index is 491. The average Bonchev–Trinajstić information content (AvgIpc) is 2.72. The van der Waals surface area contributed by atoms with Gasteiger partial charge in [-0.2, -0.15) is 5.26 Å². The van der Waals surface area contributed by atoms with Crippen molar-refractivity contribution in [3.63, 3.8) is 0 Å². The summed E-state index contributed by atoms with van der Waals surface area (Å²) >= 11 is 0. The summed E-state index contributed by atoms with van der Waals surface area (Å²) in [5.41, 5.74) is 2.72. The molecule has 2 aliphatic rings. The summed E-state index contributed by atoms with van der Waals surface area (Å²) in [6, 6.07) is 11.6. The fourth-order valence-corrected chi connectivity index (χ4v) is 4.69. The van der Waals surface area contributed by atoms with Crippen LogP contribution in [0.1, 0.15) is 37.8 Å². The average molecular weight is 268 g/mol. The third-order valence-corrected chi connectivity index (χ3v) is 5.63. The molecule has 1 fully saturated rings. The molecule has 20 heavy (non-hydrogen) atoms. The molecule has 0 N–H and O–H groups in total. The van der Waals surface area contributed by atoms with Crippen LogP contribution >= 0.6 is 0 Å². The van der Waals surface area contributed by atoms with Gasteiger partial charge in [-0.25, -0.2) is 0 Å². The summed E-state index contributed by atoms with van der Waals surface area (Å²) in [4.78, 5) is 2.43. The van der Waals surface area contributed by atoms with Gasteiger partial charge in [0.25, 0.3) is 0 Å². The third kappa shape index (κ3) is 1.80. The molecule has 0 amide bonds. The highest BCUT2D eigenvalue weighted by Gasteiger charge is 2.54. The summed E-state index contributed by atoms with van der Waals surface area (Å²) < 4.78 is 0. The summed E-state index contributed by atoms with van der Waals surface area (Å²) in [6.45, 7) is 6.35. The van der Waals surface area contributed by atoms with Gasteiger partial charge in [0.1, 0.15) is 5.54 Å². The molecular weight excluding hydrogens is 244 g/mol. The lowest BCUT2D eigenvalue weighted by Crippen LogP contribution is -2.54. The van der Waals surface area contributed by atoms with Crippen molar-refractivity contribution in [2.75, 3.05) is 13.1 Å². The van der Waals surface area contributed by atoms with Gasteiger partial charge in [-0.1, -0.05) is 38.1 Å². The predicted molar refractivity (Wildman–Crippen MR) is 81.3 cm³/mol. The topological polar surface area (TPSA) is 27.0 Å². The van der Waals surface area contributed by atoms with Gasteiger partial charge < -0.3 is 0 Å². The van der Waals surface area contributed by atoms with Crippen LogP contribution in [-0.2, 0) is 12.8 Å². The first-order chi connectivity index (χ1) is 9.76. The highest BCUT2D eigenvalue weighted by atomic mass is 15.2. The second-order valence-electron chi connectivity index (χ2n) is 6.26. The van der Waals surface area contributed by atoms with Crippen LogP contribution in [0, 0.1) is 23.2 Å². The van der Waals surface area contributed by atoms with E-state index >= 15 is 0 Å². The molecule has 2 bridgehead atoms. The van der Waals surface area contributed by atoms with Crippen molar-refractivity contribution in [2.24, 2.45) is 11.8 Å². The van der Waals surface area contributed by atoms with Crippen LogP contribution in [0.3, 0.4) is 0 Å². The molecule has 2 heteroatoms. The predicted octanol–water partition coefficient (Wildman–Crippen LogP) is 3.42. The van der Waals surface area contributed by atoms with Gasteiger partial charge in [-0.05, 0) is 61.7 Å². The van der Waals surface area contributed by atoms with Crippen molar-refractivity contribution in [1.82, 2.24) is 4.90 Å². The summed E-state index contributed by atoms with van der Waals surface area (Å²) in [7, 11) is 0. The fraction of sp³-hybridized carbons (Fsp3) is 0.611. The summed E-state index contributed by atoms with van der Waals surface area (Å²) in [5, 5.41) is 10.1. The first-order valence-corrected chi connectivity index (χ1v) is 7.99. The van der Waals surface area contributed by atoms with Crippen LogP contribution in [0.15, 0.2) is 24.3 Å². The Balaban J connectivity index is 2.05. The van der Waals surface area contributed by atoms with Gasteiger partial charge in [0.05, 0.1) is 6.07 Å². The van der Waals surface area contributed by atoms with E-state index < -0.39 is 0 Å². The number of fused-ring (bicyclic) bond motifs is 3. The molecule has 3 rings (SSSR count). The summed E-state index contributed by atoms with van der Waals surface area (Å²) in [6.07, 6.45) is 4.58. The van der Waals surface area contributed by atoms with E-state index in [2.05, 4.69) is 49.1 Å². The van der Waals surface area contributed by atoms with Gasteiger partial charge in [0.15, 0.2) is 0 Å². The van der Waals surface area contributed by atoms with E-state index in [1.807, 2.05) is 0 Å². The zero-order valence-electron chi connectivity index (χ0n) is 12.6. The number of hydrogen-bond acceptors (Lipinski definition) is 2. The van der Waals surface area contributed by atoms with E-state index in [1.165, 1.54) is 24.0 Å². The Morgan fingerprint density at radius 2 is 1.60 bits per heavy atom. The molecule has 2 aliphatic carbocycles. The van der Waals surface area contributed by atoms with Crippen molar-refractivity contribution in [3.05, 3.63) is 35.4 Å². The van der Waals surface area contributed by atoms with E-state index in [0.717, 1.165) is 25.9 Å². The Morgan fingerprint density at radius 1 is 1.10 bits per heavy atom. The first kappa shape index (κ1) is 13.6. The number of hydrogen-bond donors (Lipinski definition) is 0. The molecule has 2 nitrogen and oxygen atoms in total. The minimum absolute atomic E-state index is 0.234. The number of benzene rings is 1. The van der Waals surface area contributed by atoms with E-state index in [1.54, 1.807) is 0 Å². The normalized spacial score (nSPS) is 31.7. The molecule has 2 unspecified atom stereocenters. The monoisotopic (exact) mass is 268 g/mol. The van der Waals surface area contributed by atoms with Crippen molar-refractivity contribution in [3.8, 4) is 6.07 Å². The molecule has 0 heterocycles. The summed E-state index contributed by atoms with van der Waals surface area (Å²) in [5.74, 6) is 1.00. The van der Waals surface area contributed by atoms with Gasteiger partial charge in [0, 0.05) is 0 Å². The third-order valence-electron chi connectivity index (χ3n) is 5.63. The van der Waals surface area contributed by atoms with Gasteiger partial charge in [-0.3, -0.25) is 4.90 Å². The lowest BCUT2D eigenvalue weighted by Gasteiger charge is -2.42. The molecular formula is C18H24N2. The van der Waals surface area contributed by atoms with Crippen LogP contribution in [0.4, 0.5) is 0 Å². The fourth-order valence-electron chi connectivity index (χ4n) is 4.69. The molecule has 0 saturated heterocycles. The van der Waals surface area contributed by atoms with Gasteiger partial charge >= 0.3 is 0 Å². The highest BCUT2D eigenvalue weighted by molar-refractivity contribution is 5.35. The van der Waals surface area contributed by atoms with E-state index in [9.17, 15) is 5.26 Å². The molecule has 0 spiro atoms. The Morgan fingerprint density at radius 3 is 2.00 bits per heavy atom. The van der Waals surface area contributed by atoms with Crippen LogP contribution in [-0.4, -0.2) is 23.5 Å². The van der Waals surface area contributed by atoms with Gasteiger partial charge in [0.2, 0.25) is 0 Å². The van der Waals surface area contributed by atoms with Crippen molar-refractivity contribution in [2.45, 2.75) is 45.1 Å². The molecule has 1 saturated carbocycles. The number of nitriles is 1. The Hall–Kier alpha value is -1.33. The maximum absolute atomic E-state index is 10.1. The zero-order chi connectivity index (χ0) is 14.2. The van der Waals surface area contributed by atoms with Crippen molar-refractivity contribution >= 4 is 0 Å². The Labute approximate surface area is 122 Å². The Kier molecular flexibility index (Phi) is 3.56. The number of nitrogens with zero attached hydrogens (tertiary/aromatic N) is 2.